The van der Waals surface area contributed by atoms with Crippen molar-refractivity contribution in [1.29, 1.82) is 0 Å². The highest BCUT2D eigenvalue weighted by atomic mass is 16.5. The maximum Gasteiger partial charge on any atom is 0.357 e. The third-order valence-electron chi connectivity index (χ3n) is 1.43. The zero-order chi connectivity index (χ0) is 9.84. The van der Waals surface area contributed by atoms with E-state index in [-0.39, 0.29) is 12.4 Å². The van der Waals surface area contributed by atoms with E-state index in [9.17, 15) is 9.59 Å². The fraction of sp³-hybridized carbons (Fsp3) is 0.375. The molecule has 0 atom stereocenters. The van der Waals surface area contributed by atoms with Crippen LogP contribution in [-0.4, -0.2) is 27.9 Å². The molecule has 5 heteroatoms. The SMILES string of the molecule is CC(=O)COC(=O)c1cncn1C. The summed E-state index contributed by atoms with van der Waals surface area (Å²) in [6.07, 6.45) is 2.88. The van der Waals surface area contributed by atoms with E-state index in [1.165, 1.54) is 24.0 Å². The van der Waals surface area contributed by atoms with Crippen LogP contribution in [0.4, 0.5) is 0 Å². The van der Waals surface area contributed by atoms with Crippen LogP contribution in [0.2, 0.25) is 0 Å². The van der Waals surface area contributed by atoms with Crippen LogP contribution in [-0.2, 0) is 16.6 Å². The molecule has 0 aliphatic carbocycles. The van der Waals surface area contributed by atoms with Gasteiger partial charge in [-0.15, -0.1) is 0 Å². The van der Waals surface area contributed by atoms with Gasteiger partial charge in [0.2, 0.25) is 0 Å². The first-order chi connectivity index (χ1) is 6.11. The molecular formula is C8H10N2O3. The Labute approximate surface area is 75.3 Å². The molecule has 0 spiro atoms. The third-order valence-corrected chi connectivity index (χ3v) is 1.43. The molecule has 1 rings (SSSR count). The smallest absolute Gasteiger partial charge is 0.357 e. The van der Waals surface area contributed by atoms with E-state index >= 15 is 0 Å². The van der Waals surface area contributed by atoms with Crippen molar-refractivity contribution in [3.05, 3.63) is 18.2 Å². The zero-order valence-electron chi connectivity index (χ0n) is 7.48. The molecule has 0 bridgehead atoms. The predicted octanol–water partition coefficient (Wildman–Crippen LogP) is 0.166. The number of ether oxygens (including phenoxy) is 1. The molecule has 0 radical (unpaired) electrons. The molecule has 1 aromatic rings. The number of Topliss-reactive ketones (excluding diaryl/α,β-unsaturated/α-hetero) is 1. The Kier molecular flexibility index (Phi) is 2.79. The topological polar surface area (TPSA) is 61.2 Å². The summed E-state index contributed by atoms with van der Waals surface area (Å²) >= 11 is 0. The van der Waals surface area contributed by atoms with Crippen molar-refractivity contribution in [3.8, 4) is 0 Å². The Morgan fingerprint density at radius 1 is 1.62 bits per heavy atom. The van der Waals surface area contributed by atoms with Crippen LogP contribution in [0.5, 0.6) is 0 Å². The molecule has 0 aromatic carbocycles. The number of aromatic nitrogens is 2. The summed E-state index contributed by atoms with van der Waals surface area (Å²) in [5.41, 5.74) is 0.334. The number of esters is 1. The Bertz CT molecular complexity index is 330. The van der Waals surface area contributed by atoms with Gasteiger partial charge in [0.25, 0.3) is 0 Å². The minimum atomic E-state index is -0.532. The lowest BCUT2D eigenvalue weighted by Gasteiger charge is -2.01. The second-order valence-electron chi connectivity index (χ2n) is 2.67. The van der Waals surface area contributed by atoms with E-state index in [1.54, 1.807) is 7.05 Å². The average molecular weight is 182 g/mol. The molecule has 0 N–H and O–H groups in total. The van der Waals surface area contributed by atoms with E-state index in [4.69, 9.17) is 0 Å². The minimum absolute atomic E-state index is 0.185. The normalized spacial score (nSPS) is 9.69. The summed E-state index contributed by atoms with van der Waals surface area (Å²) in [5, 5.41) is 0. The standard InChI is InChI=1S/C8H10N2O3/c1-6(11)4-13-8(12)7-3-9-5-10(7)2/h3,5H,4H2,1-2H3. The third kappa shape index (κ3) is 2.40. The van der Waals surface area contributed by atoms with Crippen molar-refractivity contribution in [1.82, 2.24) is 9.55 Å². The van der Waals surface area contributed by atoms with Crippen LogP contribution in [0, 0.1) is 0 Å². The molecule has 5 nitrogen and oxygen atoms in total. The van der Waals surface area contributed by atoms with Crippen LogP contribution < -0.4 is 0 Å². The molecule has 0 amide bonds. The Morgan fingerprint density at radius 3 is 2.77 bits per heavy atom. The second-order valence-corrected chi connectivity index (χ2v) is 2.67. The van der Waals surface area contributed by atoms with Crippen molar-refractivity contribution in [2.45, 2.75) is 6.92 Å². The lowest BCUT2D eigenvalue weighted by molar-refractivity contribution is -0.120. The molecule has 1 heterocycles. The zero-order valence-corrected chi connectivity index (χ0v) is 7.48. The number of hydrogen-bond acceptors (Lipinski definition) is 4. The number of hydrogen-bond donors (Lipinski definition) is 0. The number of ketones is 1. The summed E-state index contributed by atoms with van der Waals surface area (Å²) in [4.78, 5) is 25.4. The van der Waals surface area contributed by atoms with Crippen LogP contribution >= 0.6 is 0 Å². The number of imidazole rings is 1. The van der Waals surface area contributed by atoms with Gasteiger partial charge in [0, 0.05) is 7.05 Å². The maximum atomic E-state index is 11.2. The number of carbonyl (C=O) groups excluding carboxylic acids is 2. The highest BCUT2D eigenvalue weighted by molar-refractivity contribution is 5.89. The molecule has 0 fully saturated rings. The van der Waals surface area contributed by atoms with Gasteiger partial charge in [-0.05, 0) is 6.92 Å². The molecule has 13 heavy (non-hydrogen) atoms. The van der Waals surface area contributed by atoms with Crippen LogP contribution in [0.3, 0.4) is 0 Å². The fourth-order valence-electron chi connectivity index (χ4n) is 0.795. The van der Waals surface area contributed by atoms with Gasteiger partial charge in [-0.3, -0.25) is 4.79 Å². The molecule has 0 saturated heterocycles. The summed E-state index contributed by atoms with van der Waals surface area (Å²) < 4.78 is 6.21. The molecule has 0 saturated carbocycles. The van der Waals surface area contributed by atoms with E-state index in [2.05, 4.69) is 9.72 Å². The number of aryl methyl sites for hydroxylation is 1. The van der Waals surface area contributed by atoms with Gasteiger partial charge in [0.05, 0.1) is 12.5 Å². The van der Waals surface area contributed by atoms with Crippen molar-refractivity contribution in [3.63, 3.8) is 0 Å². The number of nitrogens with zero attached hydrogens (tertiary/aromatic N) is 2. The van der Waals surface area contributed by atoms with Gasteiger partial charge < -0.3 is 9.30 Å². The van der Waals surface area contributed by atoms with Gasteiger partial charge in [-0.1, -0.05) is 0 Å². The van der Waals surface area contributed by atoms with Crippen molar-refractivity contribution in [2.75, 3.05) is 6.61 Å². The summed E-state index contributed by atoms with van der Waals surface area (Å²) in [7, 11) is 1.68. The summed E-state index contributed by atoms with van der Waals surface area (Å²) in [6, 6.07) is 0. The van der Waals surface area contributed by atoms with Gasteiger partial charge >= 0.3 is 5.97 Å². The van der Waals surface area contributed by atoms with Crippen LogP contribution in [0.1, 0.15) is 17.4 Å². The first-order valence-corrected chi connectivity index (χ1v) is 3.74. The summed E-state index contributed by atoms with van der Waals surface area (Å²) in [5.74, 6) is -0.717. The van der Waals surface area contributed by atoms with E-state index in [1.807, 2.05) is 0 Å². The van der Waals surface area contributed by atoms with Crippen molar-refractivity contribution in [2.24, 2.45) is 7.05 Å². The van der Waals surface area contributed by atoms with Crippen LogP contribution in [0.25, 0.3) is 0 Å². The summed E-state index contributed by atoms with van der Waals surface area (Å²) in [6.45, 7) is 1.17. The van der Waals surface area contributed by atoms with Gasteiger partial charge in [0.1, 0.15) is 12.3 Å². The van der Waals surface area contributed by atoms with Gasteiger partial charge in [-0.25, -0.2) is 9.78 Å². The molecule has 70 valence electrons. The average Bonchev–Trinajstić information content (AvgIpc) is 2.47. The monoisotopic (exact) mass is 182 g/mol. The molecular weight excluding hydrogens is 172 g/mol. The first-order valence-electron chi connectivity index (χ1n) is 3.74. The lowest BCUT2D eigenvalue weighted by atomic mass is 10.4. The maximum absolute atomic E-state index is 11.2. The van der Waals surface area contributed by atoms with Crippen LogP contribution in [0.15, 0.2) is 12.5 Å². The fourth-order valence-corrected chi connectivity index (χ4v) is 0.795. The number of carbonyl (C=O) groups is 2. The Morgan fingerprint density at radius 2 is 2.31 bits per heavy atom. The second kappa shape index (κ2) is 3.84. The largest absolute Gasteiger partial charge is 0.453 e. The Balaban J connectivity index is 2.59. The molecule has 1 aromatic heterocycles. The quantitative estimate of drug-likeness (QED) is 0.625. The molecule has 0 unspecified atom stereocenters. The van der Waals surface area contributed by atoms with E-state index < -0.39 is 5.97 Å². The highest BCUT2D eigenvalue weighted by Crippen LogP contribution is 1.98. The predicted molar refractivity (Wildman–Crippen MR) is 44.2 cm³/mol. The Hall–Kier alpha value is -1.65. The van der Waals surface area contributed by atoms with Gasteiger partial charge in [-0.2, -0.15) is 0 Å². The van der Waals surface area contributed by atoms with Gasteiger partial charge in [0.15, 0.2) is 5.78 Å². The van der Waals surface area contributed by atoms with Crippen molar-refractivity contribution < 1.29 is 14.3 Å². The minimum Gasteiger partial charge on any atom is -0.453 e. The van der Waals surface area contributed by atoms with E-state index in [0.717, 1.165) is 0 Å². The lowest BCUT2D eigenvalue weighted by Crippen LogP contribution is -2.13. The highest BCUT2D eigenvalue weighted by Gasteiger charge is 2.11. The van der Waals surface area contributed by atoms with E-state index in [0.29, 0.717) is 5.69 Å². The number of rotatable bonds is 3. The molecule has 0 aliphatic heterocycles. The molecule has 0 aliphatic rings. The first kappa shape index (κ1) is 9.44. The van der Waals surface area contributed by atoms with Crippen molar-refractivity contribution >= 4 is 11.8 Å².